The molecule has 6 heteroatoms. The van der Waals surface area contributed by atoms with Crippen molar-refractivity contribution < 1.29 is 9.53 Å². The summed E-state index contributed by atoms with van der Waals surface area (Å²) in [6.07, 6.45) is -0.625. The van der Waals surface area contributed by atoms with Gasteiger partial charge in [-0.05, 0) is 52.8 Å². The van der Waals surface area contributed by atoms with Crippen LogP contribution in [-0.2, 0) is 4.79 Å². The molecule has 4 nitrogen and oxygen atoms in total. The van der Waals surface area contributed by atoms with E-state index in [0.29, 0.717) is 34.4 Å². The third-order valence-electron chi connectivity index (χ3n) is 3.56. The van der Waals surface area contributed by atoms with E-state index in [1.807, 2.05) is 0 Å². The Morgan fingerprint density at radius 2 is 1.78 bits per heavy atom. The van der Waals surface area contributed by atoms with Gasteiger partial charge in [0.1, 0.15) is 5.75 Å². The van der Waals surface area contributed by atoms with E-state index in [2.05, 4.69) is 37.9 Å². The molecule has 1 atom stereocenters. The second-order valence-electron chi connectivity index (χ2n) is 6.05. The molecular weight excluding hydrogens is 335 g/mol. The van der Waals surface area contributed by atoms with Gasteiger partial charge in [0.25, 0.3) is 5.91 Å². The van der Waals surface area contributed by atoms with Crippen LogP contribution >= 0.6 is 23.2 Å². The van der Waals surface area contributed by atoms with Crippen molar-refractivity contribution in [3.8, 4) is 5.75 Å². The van der Waals surface area contributed by atoms with Gasteiger partial charge < -0.3 is 10.1 Å². The predicted molar refractivity (Wildman–Crippen MR) is 96.5 cm³/mol. The second-order valence-corrected chi connectivity index (χ2v) is 6.89. The van der Waals surface area contributed by atoms with Crippen LogP contribution in [-0.4, -0.2) is 42.1 Å². The number of carbonyl (C=O) groups is 1. The number of rotatable bonds is 8. The van der Waals surface area contributed by atoms with Gasteiger partial charge in [-0.25, -0.2) is 0 Å². The SMILES string of the molecule is CC(Oc1ccc(Cl)cc1Cl)C(=O)NCCN(C(C)C)C(C)C. The Hall–Kier alpha value is -0.970. The molecule has 0 bridgehead atoms. The zero-order chi connectivity index (χ0) is 17.6. The highest BCUT2D eigenvalue weighted by molar-refractivity contribution is 6.35. The largest absolute Gasteiger partial charge is 0.479 e. The molecule has 0 aliphatic heterocycles. The summed E-state index contributed by atoms with van der Waals surface area (Å²) in [6.45, 7) is 11.7. The average molecular weight is 361 g/mol. The van der Waals surface area contributed by atoms with Crippen molar-refractivity contribution in [2.75, 3.05) is 13.1 Å². The maximum absolute atomic E-state index is 12.1. The van der Waals surface area contributed by atoms with Crippen molar-refractivity contribution in [1.29, 1.82) is 0 Å². The molecule has 0 saturated heterocycles. The molecule has 0 fully saturated rings. The molecule has 0 aliphatic rings. The van der Waals surface area contributed by atoms with Crippen LogP contribution in [0.15, 0.2) is 18.2 Å². The van der Waals surface area contributed by atoms with E-state index < -0.39 is 6.10 Å². The Labute approximate surface area is 149 Å². The molecular formula is C17H26Cl2N2O2. The molecule has 1 N–H and O–H groups in total. The molecule has 1 rings (SSSR count). The number of ether oxygens (including phenoxy) is 1. The molecule has 1 amide bonds. The minimum atomic E-state index is -0.625. The summed E-state index contributed by atoms with van der Waals surface area (Å²) in [5.41, 5.74) is 0. The third-order valence-corrected chi connectivity index (χ3v) is 4.09. The van der Waals surface area contributed by atoms with Crippen molar-refractivity contribution in [1.82, 2.24) is 10.2 Å². The minimum absolute atomic E-state index is 0.163. The molecule has 0 aromatic heterocycles. The van der Waals surface area contributed by atoms with Crippen LogP contribution in [0.3, 0.4) is 0 Å². The van der Waals surface area contributed by atoms with Crippen LogP contribution in [0.25, 0.3) is 0 Å². The van der Waals surface area contributed by atoms with Gasteiger partial charge >= 0.3 is 0 Å². The van der Waals surface area contributed by atoms with Crippen molar-refractivity contribution in [3.05, 3.63) is 28.2 Å². The Bertz CT molecular complexity index is 513. The van der Waals surface area contributed by atoms with Crippen LogP contribution in [0.5, 0.6) is 5.75 Å². The molecule has 0 spiro atoms. The molecule has 0 aliphatic carbocycles. The first kappa shape index (κ1) is 20.1. The smallest absolute Gasteiger partial charge is 0.260 e. The van der Waals surface area contributed by atoms with Crippen molar-refractivity contribution in [3.63, 3.8) is 0 Å². The maximum atomic E-state index is 12.1. The molecule has 0 heterocycles. The van der Waals surface area contributed by atoms with Crippen molar-refractivity contribution in [2.45, 2.75) is 52.8 Å². The Morgan fingerprint density at radius 1 is 1.17 bits per heavy atom. The number of halogens is 2. The quantitative estimate of drug-likeness (QED) is 0.761. The summed E-state index contributed by atoms with van der Waals surface area (Å²) in [7, 11) is 0. The van der Waals surface area contributed by atoms with Gasteiger partial charge in [0, 0.05) is 30.2 Å². The molecule has 0 radical (unpaired) electrons. The van der Waals surface area contributed by atoms with Crippen molar-refractivity contribution >= 4 is 29.1 Å². The lowest BCUT2D eigenvalue weighted by molar-refractivity contribution is -0.127. The number of benzene rings is 1. The van der Waals surface area contributed by atoms with Crippen LogP contribution in [0.2, 0.25) is 10.0 Å². The van der Waals surface area contributed by atoms with Crippen LogP contribution in [0.1, 0.15) is 34.6 Å². The van der Waals surface area contributed by atoms with E-state index in [4.69, 9.17) is 27.9 Å². The molecule has 130 valence electrons. The molecule has 1 aromatic rings. The van der Waals surface area contributed by atoms with E-state index in [1.165, 1.54) is 0 Å². The van der Waals surface area contributed by atoms with E-state index >= 15 is 0 Å². The molecule has 1 unspecified atom stereocenters. The van der Waals surface area contributed by atoms with E-state index in [0.717, 1.165) is 6.54 Å². The second kappa shape index (κ2) is 9.36. The van der Waals surface area contributed by atoms with Crippen LogP contribution in [0, 0.1) is 0 Å². The highest BCUT2D eigenvalue weighted by Gasteiger charge is 2.17. The number of nitrogens with one attached hydrogen (secondary N) is 1. The van der Waals surface area contributed by atoms with E-state index in [9.17, 15) is 4.79 Å². The van der Waals surface area contributed by atoms with Crippen molar-refractivity contribution in [2.24, 2.45) is 0 Å². The van der Waals surface area contributed by atoms with Crippen LogP contribution < -0.4 is 10.1 Å². The Kier molecular flexibility index (Phi) is 8.17. The molecule has 1 aromatic carbocycles. The Balaban J connectivity index is 2.48. The lowest BCUT2D eigenvalue weighted by atomic mass is 10.2. The van der Waals surface area contributed by atoms with Gasteiger partial charge in [-0.3, -0.25) is 9.69 Å². The average Bonchev–Trinajstić information content (AvgIpc) is 2.45. The fraction of sp³-hybridized carbons (Fsp3) is 0.588. The zero-order valence-corrected chi connectivity index (χ0v) is 15.9. The van der Waals surface area contributed by atoms with Gasteiger partial charge in [-0.15, -0.1) is 0 Å². The summed E-state index contributed by atoms with van der Waals surface area (Å²) in [4.78, 5) is 14.4. The fourth-order valence-corrected chi connectivity index (χ4v) is 2.83. The van der Waals surface area contributed by atoms with E-state index in [-0.39, 0.29) is 5.91 Å². The van der Waals surface area contributed by atoms with Gasteiger partial charge in [-0.1, -0.05) is 23.2 Å². The predicted octanol–water partition coefficient (Wildman–Crippen LogP) is 4.00. The molecule has 23 heavy (non-hydrogen) atoms. The highest BCUT2D eigenvalue weighted by atomic mass is 35.5. The fourth-order valence-electron chi connectivity index (χ4n) is 2.38. The van der Waals surface area contributed by atoms with Gasteiger partial charge in [0.15, 0.2) is 6.10 Å². The molecule has 0 saturated carbocycles. The van der Waals surface area contributed by atoms with Crippen LogP contribution in [0.4, 0.5) is 0 Å². The third kappa shape index (κ3) is 6.58. The summed E-state index contributed by atoms with van der Waals surface area (Å²) in [6, 6.07) is 5.80. The number of carbonyl (C=O) groups excluding carboxylic acids is 1. The first-order valence-corrected chi connectivity index (χ1v) is 8.63. The first-order valence-electron chi connectivity index (χ1n) is 7.87. The van der Waals surface area contributed by atoms with Gasteiger partial charge in [0.05, 0.1) is 5.02 Å². The minimum Gasteiger partial charge on any atom is -0.479 e. The first-order chi connectivity index (χ1) is 10.7. The highest BCUT2D eigenvalue weighted by Crippen LogP contribution is 2.28. The van der Waals surface area contributed by atoms with E-state index in [1.54, 1.807) is 25.1 Å². The normalized spacial score (nSPS) is 12.8. The van der Waals surface area contributed by atoms with Gasteiger partial charge in [-0.2, -0.15) is 0 Å². The lowest BCUT2D eigenvalue weighted by Crippen LogP contribution is -2.44. The van der Waals surface area contributed by atoms with Gasteiger partial charge in [0.2, 0.25) is 0 Å². The zero-order valence-electron chi connectivity index (χ0n) is 14.4. The number of hydrogen-bond acceptors (Lipinski definition) is 3. The summed E-state index contributed by atoms with van der Waals surface area (Å²) >= 11 is 11.9. The summed E-state index contributed by atoms with van der Waals surface area (Å²) in [5.74, 6) is 0.285. The number of amides is 1. The summed E-state index contributed by atoms with van der Waals surface area (Å²) in [5, 5.41) is 3.82. The standard InChI is InChI=1S/C17H26Cl2N2O2/c1-11(2)21(12(3)4)9-8-20-17(22)13(5)23-16-7-6-14(18)10-15(16)19/h6-7,10-13H,8-9H2,1-5H3,(H,20,22). The lowest BCUT2D eigenvalue weighted by Gasteiger charge is -2.30. The topological polar surface area (TPSA) is 41.6 Å². The Morgan fingerprint density at radius 3 is 2.30 bits per heavy atom. The number of hydrogen-bond donors (Lipinski definition) is 1. The maximum Gasteiger partial charge on any atom is 0.260 e. The monoisotopic (exact) mass is 360 g/mol. The summed E-state index contributed by atoms with van der Waals surface area (Å²) < 4.78 is 5.60. The number of nitrogens with zero attached hydrogens (tertiary/aromatic N) is 1.